The van der Waals surface area contributed by atoms with Crippen LogP contribution in [0.1, 0.15) is 6.92 Å². The topological polar surface area (TPSA) is 57.5 Å². The van der Waals surface area contributed by atoms with Crippen molar-refractivity contribution in [3.63, 3.8) is 0 Å². The molecule has 0 aromatic carbocycles. The number of aliphatic hydroxyl groups is 1. The minimum Gasteiger partial charge on any atom is -0.475 e. The molecule has 0 aliphatic carbocycles. The van der Waals surface area contributed by atoms with E-state index in [1.54, 1.807) is 0 Å². The minimum atomic E-state index is -5.08. The van der Waals surface area contributed by atoms with Crippen LogP contribution in [0.4, 0.5) is 22.0 Å². The van der Waals surface area contributed by atoms with Gasteiger partial charge in [0.2, 0.25) is 0 Å². The second kappa shape index (κ2) is 5.68. The highest BCUT2D eigenvalue weighted by molar-refractivity contribution is 5.73. The smallest absolute Gasteiger partial charge is 0.475 e. The average molecular weight is 210 g/mol. The highest BCUT2D eigenvalue weighted by Crippen LogP contribution is 2.13. The Hall–Kier alpha value is -0.920. The zero-order valence-electron chi connectivity index (χ0n) is 6.35. The van der Waals surface area contributed by atoms with Crippen LogP contribution in [0.3, 0.4) is 0 Å². The van der Waals surface area contributed by atoms with E-state index >= 15 is 0 Å². The number of hydrogen-bond acceptors (Lipinski definition) is 2. The summed E-state index contributed by atoms with van der Waals surface area (Å²) >= 11 is 0. The van der Waals surface area contributed by atoms with Gasteiger partial charge in [-0.05, 0) is 6.92 Å². The Morgan fingerprint density at radius 1 is 1.31 bits per heavy atom. The lowest BCUT2D eigenvalue weighted by molar-refractivity contribution is -0.192. The quantitative estimate of drug-likeness (QED) is 0.640. The number of alkyl halides is 5. The molecule has 0 bridgehead atoms. The van der Waals surface area contributed by atoms with Gasteiger partial charge in [0.25, 0.3) is 6.43 Å². The summed E-state index contributed by atoms with van der Waals surface area (Å²) in [6, 6.07) is 0. The fourth-order valence-electron chi connectivity index (χ4n) is 0. The first-order chi connectivity index (χ1) is 5.59. The van der Waals surface area contributed by atoms with Crippen LogP contribution in [0.15, 0.2) is 0 Å². The largest absolute Gasteiger partial charge is 0.490 e. The molecular weight excluding hydrogens is 203 g/mol. The fourth-order valence-corrected chi connectivity index (χ4v) is 0. The van der Waals surface area contributed by atoms with Gasteiger partial charge in [0.1, 0.15) is 6.10 Å². The molecule has 0 saturated carbocycles. The van der Waals surface area contributed by atoms with Gasteiger partial charge < -0.3 is 10.2 Å². The molecule has 0 aromatic rings. The van der Waals surface area contributed by atoms with Crippen molar-refractivity contribution >= 4 is 5.97 Å². The predicted octanol–water partition coefficient (Wildman–Crippen LogP) is 1.27. The molecule has 0 heterocycles. The van der Waals surface area contributed by atoms with Crippen molar-refractivity contribution in [1.29, 1.82) is 0 Å². The maximum absolute atomic E-state index is 10.9. The summed E-state index contributed by atoms with van der Waals surface area (Å²) in [6.07, 6.45) is -9.16. The molecule has 80 valence electrons. The van der Waals surface area contributed by atoms with Crippen molar-refractivity contribution in [3.05, 3.63) is 0 Å². The van der Waals surface area contributed by atoms with Crippen molar-refractivity contribution in [3.8, 4) is 0 Å². The molecule has 3 nitrogen and oxygen atoms in total. The summed E-state index contributed by atoms with van der Waals surface area (Å²) in [7, 11) is 0. The molecule has 0 fully saturated rings. The van der Waals surface area contributed by atoms with Crippen molar-refractivity contribution in [2.24, 2.45) is 0 Å². The number of halogens is 5. The van der Waals surface area contributed by atoms with Crippen LogP contribution in [0.25, 0.3) is 0 Å². The molecule has 0 radical (unpaired) electrons. The molecule has 0 saturated heterocycles. The Bertz CT molecular complexity index is 147. The van der Waals surface area contributed by atoms with Crippen LogP contribution in [0, 0.1) is 0 Å². The van der Waals surface area contributed by atoms with Crippen LogP contribution >= 0.6 is 0 Å². The molecule has 0 aromatic heterocycles. The van der Waals surface area contributed by atoms with Crippen molar-refractivity contribution in [2.45, 2.75) is 25.6 Å². The van der Waals surface area contributed by atoms with E-state index in [2.05, 4.69) is 0 Å². The molecule has 1 unspecified atom stereocenters. The Balaban J connectivity index is 0. The molecule has 0 aliphatic rings. The number of aliphatic carboxylic acids is 1. The van der Waals surface area contributed by atoms with Crippen LogP contribution in [-0.4, -0.2) is 34.9 Å². The van der Waals surface area contributed by atoms with Gasteiger partial charge in [0.15, 0.2) is 0 Å². The number of rotatable bonds is 1. The van der Waals surface area contributed by atoms with Gasteiger partial charge in [-0.15, -0.1) is 0 Å². The summed E-state index contributed by atoms with van der Waals surface area (Å²) in [6.45, 7) is 1.05. The van der Waals surface area contributed by atoms with Crippen molar-refractivity contribution < 1.29 is 37.0 Å². The molecule has 0 rings (SSSR count). The number of carboxylic acid groups (broad SMARTS) is 1. The molecule has 2 N–H and O–H groups in total. The predicted molar refractivity (Wildman–Crippen MR) is 31.4 cm³/mol. The summed E-state index contributed by atoms with van der Waals surface area (Å²) in [5.74, 6) is -2.76. The molecule has 0 amide bonds. The van der Waals surface area contributed by atoms with Gasteiger partial charge in [0.05, 0.1) is 0 Å². The van der Waals surface area contributed by atoms with E-state index in [1.165, 1.54) is 0 Å². The van der Waals surface area contributed by atoms with Gasteiger partial charge >= 0.3 is 12.1 Å². The van der Waals surface area contributed by atoms with Crippen LogP contribution in [0.2, 0.25) is 0 Å². The third-order valence-electron chi connectivity index (χ3n) is 0.607. The summed E-state index contributed by atoms with van der Waals surface area (Å²) in [4.78, 5) is 8.90. The average Bonchev–Trinajstić information content (AvgIpc) is 1.86. The maximum atomic E-state index is 10.9. The maximum Gasteiger partial charge on any atom is 0.490 e. The van der Waals surface area contributed by atoms with E-state index in [4.69, 9.17) is 15.0 Å². The standard InChI is InChI=1S/C3H6F2O.C2HF3O2/c1-2(6)3(4)5;3-2(4,5)1(6)7/h2-3,6H,1H3;(H,6,7). The molecule has 0 aliphatic heterocycles. The monoisotopic (exact) mass is 210 g/mol. The van der Waals surface area contributed by atoms with Crippen LogP contribution in [0.5, 0.6) is 0 Å². The third-order valence-corrected chi connectivity index (χ3v) is 0.607. The molecule has 1 atom stereocenters. The second-order valence-electron chi connectivity index (χ2n) is 1.88. The van der Waals surface area contributed by atoms with Gasteiger partial charge in [0, 0.05) is 0 Å². The van der Waals surface area contributed by atoms with E-state index in [1.807, 2.05) is 0 Å². The van der Waals surface area contributed by atoms with E-state index in [9.17, 15) is 22.0 Å². The van der Waals surface area contributed by atoms with E-state index in [0.717, 1.165) is 6.92 Å². The minimum absolute atomic E-state index is 1.05. The van der Waals surface area contributed by atoms with Crippen LogP contribution in [-0.2, 0) is 4.79 Å². The SMILES string of the molecule is CC(O)C(F)F.O=C(O)C(F)(F)F. The van der Waals surface area contributed by atoms with E-state index < -0.39 is 24.7 Å². The molecule has 13 heavy (non-hydrogen) atoms. The third kappa shape index (κ3) is 11.1. The summed E-state index contributed by atoms with van der Waals surface area (Å²) in [5.41, 5.74) is 0. The van der Waals surface area contributed by atoms with Gasteiger partial charge in [-0.2, -0.15) is 13.2 Å². The fraction of sp³-hybridized carbons (Fsp3) is 0.800. The second-order valence-corrected chi connectivity index (χ2v) is 1.88. The molecular formula is C5H7F5O3. The lowest BCUT2D eigenvalue weighted by Gasteiger charge is -1.96. The normalized spacial score (nSPS) is 13.2. The van der Waals surface area contributed by atoms with E-state index in [0.29, 0.717) is 0 Å². The van der Waals surface area contributed by atoms with Crippen molar-refractivity contribution in [2.75, 3.05) is 0 Å². The number of aliphatic hydroxyl groups excluding tert-OH is 1. The lowest BCUT2D eigenvalue weighted by Crippen LogP contribution is -2.21. The number of carboxylic acids is 1. The first-order valence-corrected chi connectivity index (χ1v) is 2.85. The Morgan fingerprint density at radius 3 is 1.46 bits per heavy atom. The Morgan fingerprint density at radius 2 is 1.46 bits per heavy atom. The Kier molecular flexibility index (Phi) is 6.38. The van der Waals surface area contributed by atoms with Gasteiger partial charge in [-0.3, -0.25) is 0 Å². The van der Waals surface area contributed by atoms with Gasteiger partial charge in [-0.25, -0.2) is 13.6 Å². The summed E-state index contributed by atoms with van der Waals surface area (Å²) in [5, 5.41) is 15.0. The highest BCUT2D eigenvalue weighted by Gasteiger charge is 2.38. The Labute approximate surface area is 69.8 Å². The number of carbonyl (C=O) groups is 1. The van der Waals surface area contributed by atoms with Crippen LogP contribution < -0.4 is 0 Å². The summed E-state index contributed by atoms with van der Waals surface area (Å²) < 4.78 is 53.6. The van der Waals surface area contributed by atoms with E-state index in [-0.39, 0.29) is 0 Å². The van der Waals surface area contributed by atoms with Gasteiger partial charge in [-0.1, -0.05) is 0 Å². The lowest BCUT2D eigenvalue weighted by atomic mass is 10.4. The highest BCUT2D eigenvalue weighted by atomic mass is 19.4. The van der Waals surface area contributed by atoms with Crippen molar-refractivity contribution in [1.82, 2.24) is 0 Å². The molecule has 8 heteroatoms. The molecule has 0 spiro atoms. The first kappa shape index (κ1) is 14.6. The zero-order valence-corrected chi connectivity index (χ0v) is 6.35. The number of hydrogen-bond donors (Lipinski definition) is 2. The first-order valence-electron chi connectivity index (χ1n) is 2.85. The zero-order chi connectivity index (χ0) is 11.2.